The third-order valence-corrected chi connectivity index (χ3v) is 4.01. The Balaban J connectivity index is 0.00000242. The van der Waals surface area contributed by atoms with E-state index in [1.165, 1.54) is 0 Å². The van der Waals surface area contributed by atoms with Gasteiger partial charge in [0.1, 0.15) is 5.69 Å². The number of nitrogens with one attached hydrogen (secondary N) is 2. The van der Waals surface area contributed by atoms with Gasteiger partial charge in [-0.25, -0.2) is 0 Å². The summed E-state index contributed by atoms with van der Waals surface area (Å²) in [6, 6.07) is 0.306. The molecule has 1 aliphatic heterocycles. The Labute approximate surface area is 138 Å². The predicted octanol–water partition coefficient (Wildman–Crippen LogP) is 2.33. The zero-order valence-electron chi connectivity index (χ0n) is 13.8. The second kappa shape index (κ2) is 7.79. The highest BCUT2D eigenvalue weighted by molar-refractivity contribution is 6.02. The number of Topliss-reactive ketones (excluding diaryl/α,β-unsaturated/α-hetero) is 1. The molecule has 2 rings (SSSR count). The van der Waals surface area contributed by atoms with Crippen LogP contribution in [0.4, 0.5) is 0 Å². The van der Waals surface area contributed by atoms with Crippen LogP contribution < -0.4 is 5.32 Å². The lowest BCUT2D eigenvalue weighted by Crippen LogP contribution is -2.51. The number of hydrogen-bond acceptors (Lipinski definition) is 3. The maximum Gasteiger partial charge on any atom is 0.270 e. The Hall–Kier alpha value is -1.33. The van der Waals surface area contributed by atoms with Crippen molar-refractivity contribution in [2.24, 2.45) is 0 Å². The lowest BCUT2D eigenvalue weighted by molar-refractivity contribution is 0.0702. The third-order valence-electron chi connectivity index (χ3n) is 4.01. The molecular weight excluding hydrogens is 302 g/mol. The fourth-order valence-corrected chi connectivity index (χ4v) is 3.11. The molecule has 1 aromatic rings. The number of aromatic amines is 1. The zero-order valence-corrected chi connectivity index (χ0v) is 14.6. The molecule has 0 radical (unpaired) electrons. The first-order valence-electron chi connectivity index (χ1n) is 7.70. The van der Waals surface area contributed by atoms with Crippen molar-refractivity contribution in [3.63, 3.8) is 0 Å². The van der Waals surface area contributed by atoms with Crippen LogP contribution in [-0.4, -0.2) is 47.3 Å². The molecule has 2 heterocycles. The van der Waals surface area contributed by atoms with Crippen LogP contribution in [0, 0.1) is 6.92 Å². The van der Waals surface area contributed by atoms with Gasteiger partial charge >= 0.3 is 0 Å². The Bertz CT molecular complexity index is 554. The van der Waals surface area contributed by atoms with Gasteiger partial charge in [0.25, 0.3) is 5.91 Å². The number of halogens is 1. The van der Waals surface area contributed by atoms with Crippen LogP contribution in [0.1, 0.15) is 59.3 Å². The van der Waals surface area contributed by atoms with E-state index in [-0.39, 0.29) is 24.1 Å². The molecule has 1 amide bonds. The number of ketones is 1. The summed E-state index contributed by atoms with van der Waals surface area (Å²) < 4.78 is 0. The number of piperazine rings is 1. The molecule has 0 aliphatic carbocycles. The summed E-state index contributed by atoms with van der Waals surface area (Å²) in [7, 11) is 0. The van der Waals surface area contributed by atoms with Gasteiger partial charge in [-0.2, -0.15) is 0 Å². The van der Waals surface area contributed by atoms with Crippen LogP contribution in [0.2, 0.25) is 0 Å². The molecule has 1 aliphatic rings. The molecule has 1 aromatic heterocycles. The second-order valence-electron chi connectivity index (χ2n) is 5.89. The lowest BCUT2D eigenvalue weighted by Gasteiger charge is -2.31. The summed E-state index contributed by atoms with van der Waals surface area (Å²) in [6.07, 6.45) is 1.66. The molecule has 2 N–H and O–H groups in total. The van der Waals surface area contributed by atoms with Gasteiger partial charge < -0.3 is 15.2 Å². The summed E-state index contributed by atoms with van der Waals surface area (Å²) in [5.41, 5.74) is 2.99. The first kappa shape index (κ1) is 18.7. The minimum atomic E-state index is 0. The molecule has 1 saturated heterocycles. The normalized spacial score (nSPS) is 18.0. The molecule has 124 valence electrons. The van der Waals surface area contributed by atoms with Gasteiger partial charge in [0.05, 0.1) is 0 Å². The smallest absolute Gasteiger partial charge is 0.270 e. The number of carbonyl (C=O) groups is 2. The molecule has 1 atom stereocenters. The zero-order chi connectivity index (χ0) is 15.6. The summed E-state index contributed by atoms with van der Waals surface area (Å²) in [4.78, 5) is 29.7. The molecule has 0 aromatic carbocycles. The standard InChI is InChI=1S/C16H25N3O2.ClH/c1-5-6-13-14(12(4)20)11(3)18-15(13)16(21)19-8-7-17-10(2)9-19;/h10,17-18H,5-9H2,1-4H3;1H. The SMILES string of the molecule is CCCc1c(C(=O)N2CCNC(C)C2)[nH]c(C)c1C(C)=O.Cl. The van der Waals surface area contributed by atoms with Crippen molar-refractivity contribution in [2.45, 2.75) is 46.6 Å². The Morgan fingerprint density at radius 2 is 2.05 bits per heavy atom. The van der Waals surface area contributed by atoms with Gasteiger partial charge in [0.15, 0.2) is 5.78 Å². The van der Waals surface area contributed by atoms with Gasteiger partial charge in [-0.1, -0.05) is 13.3 Å². The van der Waals surface area contributed by atoms with E-state index >= 15 is 0 Å². The number of carbonyl (C=O) groups excluding carboxylic acids is 2. The molecule has 1 fully saturated rings. The van der Waals surface area contributed by atoms with Crippen LogP contribution in [0.3, 0.4) is 0 Å². The molecule has 6 heteroatoms. The summed E-state index contributed by atoms with van der Waals surface area (Å²) in [6.45, 7) is 9.81. The van der Waals surface area contributed by atoms with Crippen molar-refractivity contribution in [3.8, 4) is 0 Å². The number of aromatic nitrogens is 1. The second-order valence-corrected chi connectivity index (χ2v) is 5.89. The first-order valence-corrected chi connectivity index (χ1v) is 7.70. The minimum Gasteiger partial charge on any atom is -0.354 e. The topological polar surface area (TPSA) is 65.2 Å². The van der Waals surface area contributed by atoms with Gasteiger partial charge in [-0.15, -0.1) is 12.4 Å². The molecule has 0 saturated carbocycles. The quantitative estimate of drug-likeness (QED) is 0.834. The summed E-state index contributed by atoms with van der Waals surface area (Å²) in [5.74, 6) is 0.0438. The number of amides is 1. The van der Waals surface area contributed by atoms with Crippen molar-refractivity contribution in [2.75, 3.05) is 19.6 Å². The predicted molar refractivity (Wildman–Crippen MR) is 90.1 cm³/mol. The van der Waals surface area contributed by atoms with Crippen molar-refractivity contribution < 1.29 is 9.59 Å². The monoisotopic (exact) mass is 327 g/mol. The number of rotatable bonds is 4. The highest BCUT2D eigenvalue weighted by Crippen LogP contribution is 2.23. The van der Waals surface area contributed by atoms with E-state index in [0.717, 1.165) is 30.6 Å². The molecule has 0 bridgehead atoms. The van der Waals surface area contributed by atoms with E-state index in [4.69, 9.17) is 0 Å². The van der Waals surface area contributed by atoms with Crippen LogP contribution in [-0.2, 0) is 6.42 Å². The van der Waals surface area contributed by atoms with Gasteiger partial charge in [-0.3, -0.25) is 9.59 Å². The van der Waals surface area contributed by atoms with Gasteiger partial charge in [-0.05, 0) is 32.8 Å². The number of nitrogens with zero attached hydrogens (tertiary/aromatic N) is 1. The number of hydrogen-bond donors (Lipinski definition) is 2. The van der Waals surface area contributed by atoms with Crippen molar-refractivity contribution >= 4 is 24.1 Å². The third kappa shape index (κ3) is 3.70. The lowest BCUT2D eigenvalue weighted by atomic mass is 10.0. The maximum atomic E-state index is 12.8. The average Bonchev–Trinajstić information content (AvgIpc) is 2.75. The molecule has 22 heavy (non-hydrogen) atoms. The van der Waals surface area contributed by atoms with Crippen molar-refractivity contribution in [1.82, 2.24) is 15.2 Å². The fraction of sp³-hybridized carbons (Fsp3) is 0.625. The number of aryl methyl sites for hydroxylation is 1. The summed E-state index contributed by atoms with van der Waals surface area (Å²) >= 11 is 0. The largest absolute Gasteiger partial charge is 0.354 e. The fourth-order valence-electron chi connectivity index (χ4n) is 3.11. The highest BCUT2D eigenvalue weighted by atomic mass is 35.5. The van der Waals surface area contributed by atoms with E-state index < -0.39 is 0 Å². The van der Waals surface area contributed by atoms with Gasteiger partial charge in [0.2, 0.25) is 0 Å². The van der Waals surface area contributed by atoms with E-state index in [1.807, 2.05) is 11.8 Å². The van der Waals surface area contributed by atoms with Crippen LogP contribution in [0.25, 0.3) is 0 Å². The van der Waals surface area contributed by atoms with E-state index in [1.54, 1.807) is 6.92 Å². The average molecular weight is 328 g/mol. The van der Waals surface area contributed by atoms with E-state index in [9.17, 15) is 9.59 Å². The van der Waals surface area contributed by atoms with Crippen molar-refractivity contribution in [3.05, 3.63) is 22.5 Å². The van der Waals surface area contributed by atoms with Gasteiger partial charge in [0, 0.05) is 36.9 Å². The van der Waals surface area contributed by atoms with E-state index in [0.29, 0.717) is 30.4 Å². The Morgan fingerprint density at radius 3 is 2.59 bits per heavy atom. The van der Waals surface area contributed by atoms with Crippen molar-refractivity contribution in [1.29, 1.82) is 0 Å². The van der Waals surface area contributed by atoms with Crippen LogP contribution >= 0.6 is 12.4 Å². The van der Waals surface area contributed by atoms with Crippen LogP contribution in [0.5, 0.6) is 0 Å². The highest BCUT2D eigenvalue weighted by Gasteiger charge is 2.27. The minimum absolute atomic E-state index is 0. The molecule has 0 spiro atoms. The number of H-pyrrole nitrogens is 1. The maximum absolute atomic E-state index is 12.8. The molecule has 5 nitrogen and oxygen atoms in total. The summed E-state index contributed by atoms with van der Waals surface area (Å²) in [5, 5.41) is 3.33. The Kier molecular flexibility index (Phi) is 6.63. The van der Waals surface area contributed by atoms with E-state index in [2.05, 4.69) is 24.1 Å². The Morgan fingerprint density at radius 1 is 1.36 bits per heavy atom. The first-order chi connectivity index (χ1) is 9.95. The molecule has 1 unspecified atom stereocenters. The molecular formula is C16H26ClN3O2. The van der Waals surface area contributed by atoms with Crippen LogP contribution in [0.15, 0.2) is 0 Å².